The molecule has 1 atom stereocenters. The highest BCUT2D eigenvalue weighted by atomic mass is 32.1. The molecule has 1 aromatic rings. The highest BCUT2D eigenvalue weighted by molar-refractivity contribution is 7.33. The Morgan fingerprint density at radius 2 is 2.50 bits per heavy atom. The summed E-state index contributed by atoms with van der Waals surface area (Å²) in [6.45, 7) is 0. The minimum atomic E-state index is -2.29. The topological polar surface area (TPSA) is 35.5 Å². The molecule has 1 aromatic heterocycles. The van der Waals surface area contributed by atoms with Crippen LogP contribution in [0.3, 0.4) is 0 Å². The molecule has 56 valence electrons. The zero-order chi connectivity index (χ0) is 7.40. The predicted octanol–water partition coefficient (Wildman–Crippen LogP) is 2.16. The Kier molecular flexibility index (Phi) is 2.93. The maximum Gasteiger partial charge on any atom is 0.367 e. The molecule has 0 saturated heterocycles. The van der Waals surface area contributed by atoms with Crippen LogP contribution in [0, 0.1) is 0 Å². The minimum Gasteiger partial charge on any atom is -0.425 e. The van der Waals surface area contributed by atoms with E-state index in [1.165, 1.54) is 18.4 Å². The van der Waals surface area contributed by atoms with E-state index in [0.717, 1.165) is 0 Å². The fraction of sp³-hybridized carbons (Fsp3) is 0.200. The minimum absolute atomic E-state index is 0.607. The van der Waals surface area contributed by atoms with Gasteiger partial charge in [-0.1, -0.05) is 0 Å². The van der Waals surface area contributed by atoms with Crippen LogP contribution in [-0.4, -0.2) is 7.11 Å². The van der Waals surface area contributed by atoms with Gasteiger partial charge in [-0.25, -0.2) is 4.57 Å². The third kappa shape index (κ3) is 2.14. The lowest BCUT2D eigenvalue weighted by molar-refractivity contribution is 0.349. The van der Waals surface area contributed by atoms with Gasteiger partial charge < -0.3 is 9.05 Å². The molecule has 3 nitrogen and oxygen atoms in total. The van der Waals surface area contributed by atoms with E-state index < -0.39 is 8.25 Å². The molecule has 0 bridgehead atoms. The summed E-state index contributed by atoms with van der Waals surface area (Å²) >= 11 is 1.49. The van der Waals surface area contributed by atoms with Crippen molar-refractivity contribution in [1.29, 1.82) is 0 Å². The molecule has 1 unspecified atom stereocenters. The van der Waals surface area contributed by atoms with E-state index in [2.05, 4.69) is 4.52 Å². The summed E-state index contributed by atoms with van der Waals surface area (Å²) in [5.74, 6) is 0.607. The molecular formula is C5H7O3PS. The highest BCUT2D eigenvalue weighted by Crippen LogP contribution is 2.27. The molecule has 10 heavy (non-hydrogen) atoms. The van der Waals surface area contributed by atoms with Gasteiger partial charge in [0.2, 0.25) is 0 Å². The van der Waals surface area contributed by atoms with E-state index in [4.69, 9.17) is 4.52 Å². The lowest BCUT2D eigenvalue weighted by Gasteiger charge is -1.98. The Hall–Kier alpha value is -0.310. The molecule has 0 aliphatic heterocycles. The third-order valence-corrected chi connectivity index (χ3v) is 2.26. The second kappa shape index (κ2) is 3.76. The first-order chi connectivity index (χ1) is 4.83. The van der Waals surface area contributed by atoms with Gasteiger partial charge >= 0.3 is 8.25 Å². The Labute approximate surface area is 63.5 Å². The zero-order valence-electron chi connectivity index (χ0n) is 5.37. The first-order valence-electron chi connectivity index (χ1n) is 2.61. The van der Waals surface area contributed by atoms with E-state index in [-0.39, 0.29) is 0 Å². The van der Waals surface area contributed by atoms with Gasteiger partial charge in [-0.15, -0.1) is 11.3 Å². The number of hydrogen-bond donors (Lipinski definition) is 0. The molecule has 1 rings (SSSR count). The van der Waals surface area contributed by atoms with Gasteiger partial charge in [0.1, 0.15) is 5.75 Å². The second-order valence-electron chi connectivity index (χ2n) is 1.52. The van der Waals surface area contributed by atoms with E-state index in [9.17, 15) is 4.57 Å². The van der Waals surface area contributed by atoms with Crippen LogP contribution in [0.1, 0.15) is 0 Å². The van der Waals surface area contributed by atoms with E-state index in [1.54, 1.807) is 11.4 Å². The summed E-state index contributed by atoms with van der Waals surface area (Å²) in [4.78, 5) is 0. The van der Waals surface area contributed by atoms with Crippen LogP contribution in [0.4, 0.5) is 0 Å². The van der Waals surface area contributed by atoms with Gasteiger partial charge in [-0.2, -0.15) is 0 Å². The Balaban J connectivity index is 2.48. The standard InChI is InChI=1S/C5H7O3PS/c1-7-9(6)8-5-2-3-10-4-5/h2-4,9H,1H3. The normalized spacial score (nSPS) is 12.9. The predicted molar refractivity (Wildman–Crippen MR) is 41.0 cm³/mol. The maximum atomic E-state index is 10.6. The van der Waals surface area contributed by atoms with Crippen LogP contribution in [-0.2, 0) is 9.09 Å². The third-order valence-electron chi connectivity index (χ3n) is 0.863. The van der Waals surface area contributed by atoms with Crippen LogP contribution in [0.15, 0.2) is 16.8 Å². The van der Waals surface area contributed by atoms with Gasteiger partial charge in [0.25, 0.3) is 0 Å². The molecule has 0 amide bonds. The van der Waals surface area contributed by atoms with Crippen molar-refractivity contribution in [2.24, 2.45) is 0 Å². The molecule has 0 aliphatic carbocycles. The van der Waals surface area contributed by atoms with Crippen molar-refractivity contribution in [2.45, 2.75) is 0 Å². The van der Waals surface area contributed by atoms with Crippen molar-refractivity contribution in [3.05, 3.63) is 16.8 Å². The van der Waals surface area contributed by atoms with E-state index in [1.807, 2.05) is 5.38 Å². The van der Waals surface area contributed by atoms with Crippen molar-refractivity contribution in [2.75, 3.05) is 7.11 Å². The molecule has 0 aliphatic rings. The maximum absolute atomic E-state index is 10.6. The van der Waals surface area contributed by atoms with Crippen LogP contribution in [0.2, 0.25) is 0 Å². The van der Waals surface area contributed by atoms with Gasteiger partial charge in [0.05, 0.1) is 0 Å². The second-order valence-corrected chi connectivity index (χ2v) is 3.41. The van der Waals surface area contributed by atoms with Crippen LogP contribution in [0.5, 0.6) is 5.75 Å². The van der Waals surface area contributed by atoms with Crippen LogP contribution in [0.25, 0.3) is 0 Å². The number of rotatable bonds is 3. The fourth-order valence-electron chi connectivity index (χ4n) is 0.448. The summed E-state index contributed by atoms with van der Waals surface area (Å²) in [7, 11) is -0.940. The molecule has 0 radical (unpaired) electrons. The van der Waals surface area contributed by atoms with Crippen LogP contribution >= 0.6 is 19.6 Å². The van der Waals surface area contributed by atoms with Gasteiger partial charge in [0.15, 0.2) is 0 Å². The summed E-state index contributed by atoms with van der Waals surface area (Å²) in [6, 6.07) is 1.74. The average Bonchev–Trinajstić information content (AvgIpc) is 2.40. The Morgan fingerprint density at radius 1 is 1.70 bits per heavy atom. The zero-order valence-corrected chi connectivity index (χ0v) is 7.18. The molecule has 0 saturated carbocycles. The van der Waals surface area contributed by atoms with Crippen molar-refractivity contribution >= 4 is 19.6 Å². The number of thiophene rings is 1. The van der Waals surface area contributed by atoms with Gasteiger partial charge in [-0.3, -0.25) is 0 Å². The summed E-state index contributed by atoms with van der Waals surface area (Å²) in [5, 5.41) is 3.61. The quantitative estimate of drug-likeness (QED) is 0.665. The molecular weight excluding hydrogens is 171 g/mol. The van der Waals surface area contributed by atoms with Crippen LogP contribution < -0.4 is 4.52 Å². The molecule has 0 spiro atoms. The molecule has 1 heterocycles. The highest BCUT2D eigenvalue weighted by Gasteiger charge is 1.97. The summed E-state index contributed by atoms with van der Waals surface area (Å²) < 4.78 is 19.9. The summed E-state index contributed by atoms with van der Waals surface area (Å²) in [5.41, 5.74) is 0. The molecule has 5 heteroatoms. The largest absolute Gasteiger partial charge is 0.425 e. The first kappa shape index (κ1) is 7.79. The monoisotopic (exact) mass is 178 g/mol. The van der Waals surface area contributed by atoms with Crippen molar-refractivity contribution in [1.82, 2.24) is 0 Å². The molecule has 0 fully saturated rings. The van der Waals surface area contributed by atoms with Crippen molar-refractivity contribution < 1.29 is 13.6 Å². The van der Waals surface area contributed by atoms with Gasteiger partial charge in [-0.05, 0) is 11.4 Å². The fourth-order valence-corrected chi connectivity index (χ4v) is 1.49. The Morgan fingerprint density at radius 3 is 3.00 bits per heavy atom. The van der Waals surface area contributed by atoms with Crippen molar-refractivity contribution in [3.8, 4) is 5.75 Å². The van der Waals surface area contributed by atoms with E-state index in [0.29, 0.717) is 5.75 Å². The lowest BCUT2D eigenvalue weighted by atomic mass is 10.6. The van der Waals surface area contributed by atoms with Crippen molar-refractivity contribution in [3.63, 3.8) is 0 Å². The SMILES string of the molecule is CO[PH](=O)Oc1ccsc1. The lowest BCUT2D eigenvalue weighted by Crippen LogP contribution is -1.78. The first-order valence-corrected chi connectivity index (χ1v) is 4.77. The van der Waals surface area contributed by atoms with E-state index >= 15 is 0 Å². The summed E-state index contributed by atoms with van der Waals surface area (Å²) in [6.07, 6.45) is 0. The molecule has 0 N–H and O–H groups in total. The number of hydrogen-bond acceptors (Lipinski definition) is 4. The average molecular weight is 178 g/mol. The molecule has 0 aromatic carbocycles. The smallest absolute Gasteiger partial charge is 0.367 e. The Bertz CT molecular complexity index is 209. The van der Waals surface area contributed by atoms with Gasteiger partial charge in [0, 0.05) is 12.5 Å².